The molecule has 3 saturated heterocycles. The molecule has 4 heterocycles. The van der Waals surface area contributed by atoms with Crippen molar-refractivity contribution in [3.05, 3.63) is 18.5 Å². The molecule has 1 atom stereocenters. The van der Waals surface area contributed by atoms with Gasteiger partial charge in [-0.15, -0.1) is 0 Å². The highest BCUT2D eigenvalue weighted by molar-refractivity contribution is 5.77. The fourth-order valence-electron chi connectivity index (χ4n) is 5.09. The van der Waals surface area contributed by atoms with Gasteiger partial charge in [-0.05, 0) is 51.5 Å². The molecule has 0 bridgehead atoms. The van der Waals surface area contributed by atoms with Crippen molar-refractivity contribution in [2.45, 2.75) is 57.6 Å². The van der Waals surface area contributed by atoms with E-state index < -0.39 is 0 Å². The van der Waals surface area contributed by atoms with Crippen LogP contribution in [0.5, 0.6) is 0 Å². The average Bonchev–Trinajstić information content (AvgIpc) is 2.80. The lowest BCUT2D eigenvalue weighted by Crippen LogP contribution is -2.54. The van der Waals surface area contributed by atoms with E-state index in [2.05, 4.69) is 20.2 Å². The van der Waals surface area contributed by atoms with Gasteiger partial charge in [0.05, 0.1) is 5.60 Å². The number of amides is 3. The van der Waals surface area contributed by atoms with E-state index in [1.807, 2.05) is 29.7 Å². The molecule has 0 saturated carbocycles. The molecule has 1 N–H and O–H groups in total. The van der Waals surface area contributed by atoms with Gasteiger partial charge in [-0.3, -0.25) is 4.79 Å². The predicted octanol–water partition coefficient (Wildman–Crippen LogP) is 1.89. The third-order valence-corrected chi connectivity index (χ3v) is 6.90. The van der Waals surface area contributed by atoms with Gasteiger partial charge in [0.25, 0.3) is 0 Å². The van der Waals surface area contributed by atoms with Gasteiger partial charge < -0.3 is 24.8 Å². The van der Waals surface area contributed by atoms with Crippen LogP contribution in [0.2, 0.25) is 0 Å². The van der Waals surface area contributed by atoms with Crippen LogP contribution in [0, 0.1) is 5.92 Å². The molecule has 0 aliphatic carbocycles. The Morgan fingerprint density at radius 1 is 1.09 bits per heavy atom. The van der Waals surface area contributed by atoms with Crippen LogP contribution in [0.25, 0.3) is 0 Å². The number of anilines is 1. The van der Waals surface area contributed by atoms with Crippen LogP contribution >= 0.6 is 0 Å². The number of ether oxygens (including phenoxy) is 1. The van der Waals surface area contributed by atoms with Crippen molar-refractivity contribution >= 4 is 17.9 Å². The number of rotatable bonds is 4. The van der Waals surface area contributed by atoms with E-state index in [1.165, 1.54) is 0 Å². The minimum Gasteiger partial charge on any atom is -0.375 e. The molecule has 0 aromatic carbocycles. The molecule has 3 aliphatic heterocycles. The summed E-state index contributed by atoms with van der Waals surface area (Å²) in [6, 6.07) is 1.97. The zero-order valence-corrected chi connectivity index (χ0v) is 19.3. The number of nitrogens with zero attached hydrogens (tertiary/aromatic N) is 5. The molecule has 1 unspecified atom stereocenters. The Kier molecular flexibility index (Phi) is 7.13. The van der Waals surface area contributed by atoms with Gasteiger partial charge in [0, 0.05) is 70.7 Å². The lowest BCUT2D eigenvalue weighted by molar-refractivity contribution is -0.140. The van der Waals surface area contributed by atoms with Crippen LogP contribution in [-0.4, -0.2) is 89.2 Å². The van der Waals surface area contributed by atoms with Gasteiger partial charge in [0.1, 0.15) is 0 Å². The topological polar surface area (TPSA) is 90.9 Å². The first-order valence-corrected chi connectivity index (χ1v) is 11.9. The number of hydrogen-bond acceptors (Lipinski definition) is 6. The monoisotopic (exact) mass is 444 g/mol. The number of carbonyl (C=O) groups excluding carboxylic acids is 2. The Balaban J connectivity index is 1.24. The maximum Gasteiger partial charge on any atom is 0.317 e. The van der Waals surface area contributed by atoms with Gasteiger partial charge in [-0.2, -0.15) is 0 Å². The van der Waals surface area contributed by atoms with E-state index in [0.29, 0.717) is 45.1 Å². The fraction of sp³-hybridized carbons (Fsp3) is 0.739. The van der Waals surface area contributed by atoms with Crippen molar-refractivity contribution < 1.29 is 14.3 Å². The molecule has 3 fully saturated rings. The van der Waals surface area contributed by atoms with Gasteiger partial charge in [-0.25, -0.2) is 14.8 Å². The lowest BCUT2D eigenvalue weighted by atomic mass is 9.78. The molecule has 4 rings (SSSR count). The molecular formula is C23H36N6O3. The molecule has 9 heteroatoms. The van der Waals surface area contributed by atoms with E-state index in [1.54, 1.807) is 12.4 Å². The van der Waals surface area contributed by atoms with Crippen LogP contribution < -0.4 is 10.2 Å². The second kappa shape index (κ2) is 10.0. The molecule has 1 spiro atoms. The number of carbonyl (C=O) groups is 2. The van der Waals surface area contributed by atoms with Gasteiger partial charge in [0.15, 0.2) is 0 Å². The van der Waals surface area contributed by atoms with Crippen LogP contribution in [-0.2, 0) is 9.53 Å². The third kappa shape index (κ3) is 5.49. The maximum atomic E-state index is 13.0. The summed E-state index contributed by atoms with van der Waals surface area (Å²) in [6.45, 7) is 9.04. The van der Waals surface area contributed by atoms with Crippen molar-refractivity contribution in [3.8, 4) is 0 Å². The minimum absolute atomic E-state index is 0.0115. The second-order valence-electron chi connectivity index (χ2n) is 9.60. The number of aromatic nitrogens is 2. The second-order valence-corrected chi connectivity index (χ2v) is 9.60. The van der Waals surface area contributed by atoms with Crippen molar-refractivity contribution in [2.24, 2.45) is 5.92 Å². The largest absolute Gasteiger partial charge is 0.375 e. The normalized spacial score (nSPS) is 23.5. The molecule has 1 aromatic rings. The van der Waals surface area contributed by atoms with E-state index >= 15 is 0 Å². The Labute approximate surface area is 190 Å². The van der Waals surface area contributed by atoms with Crippen LogP contribution in [0.3, 0.4) is 0 Å². The quantitative estimate of drug-likeness (QED) is 0.763. The summed E-state index contributed by atoms with van der Waals surface area (Å²) >= 11 is 0. The number of urea groups is 1. The molecule has 176 valence electrons. The molecule has 3 aliphatic rings. The maximum absolute atomic E-state index is 13.0. The Bertz CT molecular complexity index is 773. The zero-order valence-electron chi connectivity index (χ0n) is 19.3. The summed E-state index contributed by atoms with van der Waals surface area (Å²) in [5.74, 6) is 1.33. The summed E-state index contributed by atoms with van der Waals surface area (Å²) in [5.41, 5.74) is -0.179. The first kappa shape index (κ1) is 22.8. The van der Waals surface area contributed by atoms with Gasteiger partial charge >= 0.3 is 6.03 Å². The highest BCUT2D eigenvalue weighted by atomic mass is 16.5. The third-order valence-electron chi connectivity index (χ3n) is 6.90. The molecule has 32 heavy (non-hydrogen) atoms. The first-order valence-electron chi connectivity index (χ1n) is 11.9. The van der Waals surface area contributed by atoms with Crippen LogP contribution in [0.1, 0.15) is 46.0 Å². The van der Waals surface area contributed by atoms with Crippen molar-refractivity contribution in [3.63, 3.8) is 0 Å². The smallest absolute Gasteiger partial charge is 0.317 e. The molecular weight excluding hydrogens is 408 g/mol. The van der Waals surface area contributed by atoms with Gasteiger partial charge in [-0.1, -0.05) is 0 Å². The molecule has 3 amide bonds. The summed E-state index contributed by atoms with van der Waals surface area (Å²) < 4.78 is 6.23. The molecule has 1 aromatic heterocycles. The summed E-state index contributed by atoms with van der Waals surface area (Å²) in [5, 5.41) is 2.97. The zero-order chi connectivity index (χ0) is 22.6. The Morgan fingerprint density at radius 2 is 1.78 bits per heavy atom. The summed E-state index contributed by atoms with van der Waals surface area (Å²) in [4.78, 5) is 39.9. The molecule has 0 radical (unpaired) electrons. The van der Waals surface area contributed by atoms with Crippen molar-refractivity contribution in [2.75, 3.05) is 50.8 Å². The number of nitrogens with one attached hydrogen (secondary N) is 1. The number of piperazine rings is 1. The SMILES string of the molecule is CC(C)NC(=O)N1CCC2(CC1)CC(CC(=O)N1CCN(c3ncccn3)CC1)CCO2. The van der Waals surface area contributed by atoms with Gasteiger partial charge in [0.2, 0.25) is 11.9 Å². The lowest BCUT2D eigenvalue weighted by Gasteiger charge is -2.46. The highest BCUT2D eigenvalue weighted by Gasteiger charge is 2.42. The van der Waals surface area contributed by atoms with Crippen LogP contribution in [0.4, 0.5) is 10.7 Å². The fourth-order valence-corrected chi connectivity index (χ4v) is 5.09. The average molecular weight is 445 g/mol. The number of hydrogen-bond donors (Lipinski definition) is 1. The minimum atomic E-state index is -0.179. The first-order chi connectivity index (χ1) is 15.4. The van der Waals surface area contributed by atoms with Crippen molar-refractivity contribution in [1.82, 2.24) is 25.1 Å². The van der Waals surface area contributed by atoms with E-state index in [0.717, 1.165) is 44.7 Å². The Hall–Kier alpha value is -2.42. The van der Waals surface area contributed by atoms with E-state index in [9.17, 15) is 9.59 Å². The van der Waals surface area contributed by atoms with Crippen molar-refractivity contribution in [1.29, 1.82) is 0 Å². The predicted molar refractivity (Wildman–Crippen MR) is 121 cm³/mol. The highest BCUT2D eigenvalue weighted by Crippen LogP contribution is 2.39. The molecule has 9 nitrogen and oxygen atoms in total. The number of piperidine rings is 1. The van der Waals surface area contributed by atoms with Crippen LogP contribution in [0.15, 0.2) is 18.5 Å². The van der Waals surface area contributed by atoms with E-state index in [-0.39, 0.29) is 23.6 Å². The standard InChI is InChI=1S/C23H36N6O3/c1-18(2)26-22(31)29-9-5-23(6-10-29)17-19(4-15-32-23)16-20(30)27-11-13-28(14-12-27)21-24-7-3-8-25-21/h3,7-8,18-19H,4-6,9-17H2,1-2H3,(H,26,31). The van der Waals surface area contributed by atoms with E-state index in [4.69, 9.17) is 4.74 Å². The Morgan fingerprint density at radius 3 is 2.44 bits per heavy atom. The number of likely N-dealkylation sites (tertiary alicyclic amines) is 1. The summed E-state index contributed by atoms with van der Waals surface area (Å²) in [7, 11) is 0. The summed E-state index contributed by atoms with van der Waals surface area (Å²) in [6.07, 6.45) is 7.63.